The Morgan fingerprint density at radius 1 is 1.50 bits per heavy atom. The second-order valence-electron chi connectivity index (χ2n) is 4.44. The molecule has 2 aromatic rings. The summed E-state index contributed by atoms with van der Waals surface area (Å²) in [6.07, 6.45) is -3.08. The molecule has 0 unspecified atom stereocenters. The minimum absolute atomic E-state index is 0.240. The van der Waals surface area contributed by atoms with E-state index in [0.717, 1.165) is 15.1 Å². The number of hydrogen-bond acceptors (Lipinski definition) is 5. The van der Waals surface area contributed by atoms with Crippen LogP contribution >= 0.6 is 23.3 Å². The van der Waals surface area contributed by atoms with Crippen molar-refractivity contribution in [1.29, 1.82) is 0 Å². The first kappa shape index (κ1) is 16.9. The highest BCUT2D eigenvalue weighted by atomic mass is 32.2. The van der Waals surface area contributed by atoms with Crippen LogP contribution in [0.5, 0.6) is 0 Å². The highest BCUT2D eigenvalue weighted by Gasteiger charge is 2.14. The lowest BCUT2D eigenvalue weighted by Gasteiger charge is -2.20. The molecule has 2 rings (SSSR count). The maximum absolute atomic E-state index is 12.7. The average Bonchev–Trinajstić information content (AvgIpc) is 2.90. The molecule has 0 aliphatic rings. The molecular formula is C13H15F2N3O2S2. The number of carboxylic acid groups (broad SMARTS) is 1. The molecule has 0 bridgehead atoms. The molecule has 1 amide bonds. The Bertz CT molecular complexity index is 624. The molecule has 0 atom stereocenters. The van der Waals surface area contributed by atoms with E-state index in [4.69, 9.17) is 5.11 Å². The average molecular weight is 347 g/mol. The Balaban J connectivity index is 1.94. The van der Waals surface area contributed by atoms with Gasteiger partial charge in [0.05, 0.1) is 22.3 Å². The first-order valence-corrected chi connectivity index (χ1v) is 8.21. The lowest BCUT2D eigenvalue weighted by molar-refractivity contribution is 0.123. The minimum atomic E-state index is -2.44. The Kier molecular flexibility index (Phi) is 6.34. The van der Waals surface area contributed by atoms with Gasteiger partial charge >= 0.3 is 6.09 Å². The molecule has 0 saturated carbocycles. The zero-order chi connectivity index (χ0) is 15.9. The SMILES string of the molecule is O=C(O)NCCCN(CC(F)F)Sc1ccc2ncsc2c1. The molecule has 0 spiro atoms. The van der Waals surface area contributed by atoms with Crippen LogP contribution in [0.1, 0.15) is 6.42 Å². The highest BCUT2D eigenvalue weighted by Crippen LogP contribution is 2.28. The Morgan fingerprint density at radius 3 is 3.05 bits per heavy atom. The van der Waals surface area contributed by atoms with E-state index in [1.165, 1.54) is 23.3 Å². The molecular weight excluding hydrogens is 332 g/mol. The van der Waals surface area contributed by atoms with Crippen molar-refractivity contribution < 1.29 is 18.7 Å². The normalized spacial score (nSPS) is 11.5. The topological polar surface area (TPSA) is 65.5 Å². The van der Waals surface area contributed by atoms with Crippen molar-refractivity contribution >= 4 is 39.6 Å². The summed E-state index contributed by atoms with van der Waals surface area (Å²) in [6, 6.07) is 5.63. The van der Waals surface area contributed by atoms with E-state index in [-0.39, 0.29) is 13.1 Å². The van der Waals surface area contributed by atoms with Crippen LogP contribution in [0.4, 0.5) is 13.6 Å². The van der Waals surface area contributed by atoms with E-state index in [1.54, 1.807) is 9.82 Å². The number of amides is 1. The van der Waals surface area contributed by atoms with Crippen LogP contribution in [0, 0.1) is 0 Å². The Hall–Kier alpha value is -1.45. The molecule has 9 heteroatoms. The van der Waals surface area contributed by atoms with E-state index < -0.39 is 12.5 Å². The number of carbonyl (C=O) groups is 1. The zero-order valence-corrected chi connectivity index (χ0v) is 13.2. The van der Waals surface area contributed by atoms with Crippen LogP contribution in [0.25, 0.3) is 10.2 Å². The third-order valence-electron chi connectivity index (χ3n) is 2.74. The monoisotopic (exact) mass is 347 g/mol. The van der Waals surface area contributed by atoms with Gasteiger partial charge in [0.2, 0.25) is 0 Å². The number of fused-ring (bicyclic) bond motifs is 1. The van der Waals surface area contributed by atoms with Gasteiger partial charge in [-0.15, -0.1) is 11.3 Å². The largest absolute Gasteiger partial charge is 0.465 e. The van der Waals surface area contributed by atoms with Crippen molar-refractivity contribution in [2.45, 2.75) is 17.7 Å². The summed E-state index contributed by atoms with van der Waals surface area (Å²) in [5.74, 6) is 0. The van der Waals surface area contributed by atoms with Gasteiger partial charge in [-0.25, -0.2) is 22.9 Å². The molecule has 22 heavy (non-hydrogen) atoms. The molecule has 1 aromatic heterocycles. The molecule has 0 radical (unpaired) electrons. The summed E-state index contributed by atoms with van der Waals surface area (Å²) in [7, 11) is 0. The third kappa shape index (κ3) is 5.39. The molecule has 0 fully saturated rings. The van der Waals surface area contributed by atoms with Crippen LogP contribution in [0.15, 0.2) is 28.6 Å². The molecule has 2 N–H and O–H groups in total. The Labute approximate surface area is 134 Å². The number of halogens is 2. The number of rotatable bonds is 8. The summed E-state index contributed by atoms with van der Waals surface area (Å²) in [5.41, 5.74) is 2.63. The van der Waals surface area contributed by atoms with Gasteiger partial charge < -0.3 is 10.4 Å². The standard InChI is InChI=1S/C13H15F2N3O2S2/c14-12(15)7-18(5-1-4-16-13(19)20)22-9-2-3-10-11(6-9)21-8-17-10/h2-3,6,8,12,16H,1,4-5,7H2,(H,19,20). The van der Waals surface area contributed by atoms with Crippen LogP contribution in [-0.4, -0.2) is 46.5 Å². The summed E-state index contributed by atoms with van der Waals surface area (Å²) in [6.45, 7) is 0.248. The Morgan fingerprint density at radius 2 is 2.32 bits per heavy atom. The summed E-state index contributed by atoms with van der Waals surface area (Å²) in [4.78, 5) is 15.4. The van der Waals surface area contributed by atoms with Gasteiger partial charge in [0.25, 0.3) is 6.43 Å². The minimum Gasteiger partial charge on any atom is -0.465 e. The van der Waals surface area contributed by atoms with E-state index in [0.29, 0.717) is 13.0 Å². The predicted molar refractivity (Wildman–Crippen MR) is 83.7 cm³/mol. The van der Waals surface area contributed by atoms with Crippen LogP contribution in [0.2, 0.25) is 0 Å². The van der Waals surface area contributed by atoms with Crippen molar-refractivity contribution in [3.05, 3.63) is 23.7 Å². The quantitative estimate of drug-likeness (QED) is 0.565. The van der Waals surface area contributed by atoms with Crippen LogP contribution < -0.4 is 5.32 Å². The lowest BCUT2D eigenvalue weighted by Crippen LogP contribution is -2.28. The summed E-state index contributed by atoms with van der Waals surface area (Å²) >= 11 is 2.75. The summed E-state index contributed by atoms with van der Waals surface area (Å²) in [5, 5.41) is 10.7. The van der Waals surface area contributed by atoms with Gasteiger partial charge in [-0.2, -0.15) is 0 Å². The first-order chi connectivity index (χ1) is 10.5. The number of alkyl halides is 2. The third-order valence-corrected chi connectivity index (χ3v) is 4.59. The van der Waals surface area contributed by atoms with Gasteiger partial charge in [-0.3, -0.25) is 0 Å². The fourth-order valence-corrected chi connectivity index (χ4v) is 3.62. The molecule has 0 aliphatic heterocycles. The van der Waals surface area contributed by atoms with Gasteiger partial charge in [0, 0.05) is 18.0 Å². The molecule has 120 valence electrons. The lowest BCUT2D eigenvalue weighted by atomic mass is 10.3. The highest BCUT2D eigenvalue weighted by molar-refractivity contribution is 7.97. The van der Waals surface area contributed by atoms with E-state index in [9.17, 15) is 13.6 Å². The number of nitrogens with one attached hydrogen (secondary N) is 1. The van der Waals surface area contributed by atoms with Crippen LogP contribution in [0.3, 0.4) is 0 Å². The second kappa shape index (κ2) is 8.25. The molecule has 1 aromatic carbocycles. The molecule has 5 nitrogen and oxygen atoms in total. The summed E-state index contributed by atoms with van der Waals surface area (Å²) < 4.78 is 27.9. The first-order valence-electron chi connectivity index (χ1n) is 6.55. The van der Waals surface area contributed by atoms with Crippen molar-refractivity contribution in [2.24, 2.45) is 0 Å². The maximum Gasteiger partial charge on any atom is 0.404 e. The number of nitrogens with zero attached hydrogens (tertiary/aromatic N) is 2. The van der Waals surface area contributed by atoms with E-state index >= 15 is 0 Å². The number of thiazole rings is 1. The van der Waals surface area contributed by atoms with Crippen LogP contribution in [-0.2, 0) is 0 Å². The van der Waals surface area contributed by atoms with Gasteiger partial charge in [-0.05, 0) is 36.6 Å². The van der Waals surface area contributed by atoms with Crippen molar-refractivity contribution in [3.8, 4) is 0 Å². The maximum atomic E-state index is 12.7. The van der Waals surface area contributed by atoms with Crippen molar-refractivity contribution in [3.63, 3.8) is 0 Å². The number of hydrogen-bond donors (Lipinski definition) is 2. The fourth-order valence-electron chi connectivity index (χ4n) is 1.82. The van der Waals surface area contributed by atoms with Crippen molar-refractivity contribution in [1.82, 2.24) is 14.6 Å². The molecule has 0 saturated heterocycles. The van der Waals surface area contributed by atoms with Crippen molar-refractivity contribution in [2.75, 3.05) is 19.6 Å². The molecule has 0 aliphatic carbocycles. The van der Waals surface area contributed by atoms with E-state index in [1.807, 2.05) is 18.2 Å². The number of benzene rings is 1. The van der Waals surface area contributed by atoms with Gasteiger partial charge in [-0.1, -0.05) is 0 Å². The second-order valence-corrected chi connectivity index (χ2v) is 6.49. The van der Waals surface area contributed by atoms with E-state index in [2.05, 4.69) is 10.3 Å². The predicted octanol–water partition coefficient (Wildman–Crippen LogP) is 3.53. The van der Waals surface area contributed by atoms with Gasteiger partial charge in [0.15, 0.2) is 0 Å². The number of aromatic nitrogens is 1. The smallest absolute Gasteiger partial charge is 0.404 e. The molecule has 1 heterocycles. The van der Waals surface area contributed by atoms with Gasteiger partial charge in [0.1, 0.15) is 0 Å². The fraction of sp³-hybridized carbons (Fsp3) is 0.385. The zero-order valence-electron chi connectivity index (χ0n) is 11.5.